The van der Waals surface area contributed by atoms with Crippen LogP contribution >= 0.6 is 0 Å². The molecule has 1 aliphatic heterocycles. The first-order valence-electron chi connectivity index (χ1n) is 6.88. The largest absolute Gasteiger partial charge is 0.397 e. The number of carbonyl (C=O) groups excluding carboxylic acids is 1. The first-order valence-corrected chi connectivity index (χ1v) is 6.88. The van der Waals surface area contributed by atoms with Gasteiger partial charge in [-0.25, -0.2) is 0 Å². The summed E-state index contributed by atoms with van der Waals surface area (Å²) in [4.78, 5) is 13.3. The van der Waals surface area contributed by atoms with Crippen LogP contribution in [-0.2, 0) is 4.79 Å². The number of alkyl halides is 3. The van der Waals surface area contributed by atoms with Crippen LogP contribution in [0, 0.1) is 11.3 Å². The maximum absolute atomic E-state index is 12.4. The summed E-state index contributed by atoms with van der Waals surface area (Å²) in [6.07, 6.45) is -3.24. The summed E-state index contributed by atoms with van der Waals surface area (Å²) in [5.41, 5.74) is 0.0179. The second-order valence-corrected chi connectivity index (χ2v) is 6.77. The van der Waals surface area contributed by atoms with Gasteiger partial charge in [-0.15, -0.1) is 0 Å². The van der Waals surface area contributed by atoms with Crippen molar-refractivity contribution in [2.45, 2.75) is 65.6 Å². The molecule has 0 bridgehead atoms. The van der Waals surface area contributed by atoms with Gasteiger partial charge in [0.1, 0.15) is 6.42 Å². The number of halogens is 3. The van der Waals surface area contributed by atoms with Crippen molar-refractivity contribution >= 4 is 5.91 Å². The normalized spacial score (nSPS) is 24.9. The molecule has 1 aliphatic rings. The van der Waals surface area contributed by atoms with Gasteiger partial charge >= 0.3 is 6.18 Å². The highest BCUT2D eigenvalue weighted by molar-refractivity contribution is 5.77. The van der Waals surface area contributed by atoms with Crippen molar-refractivity contribution in [2.75, 3.05) is 6.54 Å². The maximum atomic E-state index is 12.4. The zero-order valence-electron chi connectivity index (χ0n) is 12.2. The first-order chi connectivity index (χ1) is 8.52. The van der Waals surface area contributed by atoms with Gasteiger partial charge < -0.3 is 4.90 Å². The fourth-order valence-electron chi connectivity index (χ4n) is 2.79. The molecule has 1 fully saturated rings. The first kappa shape index (κ1) is 16.3. The lowest BCUT2D eigenvalue weighted by Gasteiger charge is -2.30. The van der Waals surface area contributed by atoms with Crippen LogP contribution in [0.25, 0.3) is 0 Å². The molecule has 0 aromatic heterocycles. The van der Waals surface area contributed by atoms with Gasteiger partial charge in [0, 0.05) is 12.6 Å². The number of amides is 1. The smallest absolute Gasteiger partial charge is 0.339 e. The van der Waals surface area contributed by atoms with Gasteiger partial charge in [-0.2, -0.15) is 13.2 Å². The Bertz CT molecular complexity index is 320. The van der Waals surface area contributed by atoms with Gasteiger partial charge in [-0.3, -0.25) is 4.79 Å². The minimum absolute atomic E-state index is 0.0179. The minimum Gasteiger partial charge on any atom is -0.339 e. The third-order valence-electron chi connectivity index (χ3n) is 3.60. The molecule has 0 aromatic rings. The van der Waals surface area contributed by atoms with Gasteiger partial charge in [0.2, 0.25) is 5.91 Å². The summed E-state index contributed by atoms with van der Waals surface area (Å²) >= 11 is 0. The second kappa shape index (κ2) is 5.71. The number of likely N-dealkylation sites (tertiary alicyclic amines) is 1. The summed E-state index contributed by atoms with van der Waals surface area (Å²) in [7, 11) is 0. The number of carbonyl (C=O) groups is 1. The molecule has 0 spiro atoms. The van der Waals surface area contributed by atoms with E-state index >= 15 is 0 Å². The summed E-state index contributed by atoms with van der Waals surface area (Å²) in [6.45, 7) is 8.67. The summed E-state index contributed by atoms with van der Waals surface area (Å²) in [5, 5.41) is 0. The molecule has 1 rings (SSSR count). The Morgan fingerprint density at radius 3 is 2.26 bits per heavy atom. The molecular weight excluding hydrogens is 255 g/mol. The van der Waals surface area contributed by atoms with Crippen molar-refractivity contribution < 1.29 is 18.0 Å². The van der Waals surface area contributed by atoms with Crippen LogP contribution in [0.4, 0.5) is 13.2 Å². The van der Waals surface area contributed by atoms with Gasteiger partial charge in [-0.05, 0) is 24.2 Å². The number of rotatable bonds is 3. The Kier molecular flexibility index (Phi) is 4.91. The Morgan fingerprint density at radius 2 is 1.84 bits per heavy atom. The van der Waals surface area contributed by atoms with Crippen molar-refractivity contribution in [1.82, 2.24) is 4.90 Å². The van der Waals surface area contributed by atoms with Crippen LogP contribution in [-0.4, -0.2) is 29.6 Å². The van der Waals surface area contributed by atoms with Crippen LogP contribution in [0.1, 0.15) is 53.4 Å². The van der Waals surface area contributed by atoms with E-state index in [1.807, 2.05) is 6.92 Å². The van der Waals surface area contributed by atoms with Crippen molar-refractivity contribution in [2.24, 2.45) is 11.3 Å². The third kappa shape index (κ3) is 5.41. The molecule has 0 N–H and O–H groups in total. The summed E-state index contributed by atoms with van der Waals surface area (Å²) in [6, 6.07) is -0.0419. The molecule has 1 saturated heterocycles. The Labute approximate surface area is 113 Å². The fraction of sp³-hybridized carbons (Fsp3) is 0.929. The maximum Gasteiger partial charge on any atom is 0.397 e. The molecule has 19 heavy (non-hydrogen) atoms. The van der Waals surface area contributed by atoms with E-state index < -0.39 is 18.5 Å². The SMILES string of the molecule is CCC1CC(CC(C)(C)C)N(C(=O)CC(F)(F)F)C1. The highest BCUT2D eigenvalue weighted by Crippen LogP contribution is 2.35. The predicted molar refractivity (Wildman–Crippen MR) is 68.6 cm³/mol. The molecule has 0 aliphatic carbocycles. The Morgan fingerprint density at radius 1 is 1.26 bits per heavy atom. The minimum atomic E-state index is -4.41. The highest BCUT2D eigenvalue weighted by Gasteiger charge is 2.40. The number of hydrogen-bond acceptors (Lipinski definition) is 1. The van der Waals surface area contributed by atoms with E-state index in [0.29, 0.717) is 12.5 Å². The predicted octanol–water partition coefficient (Wildman–Crippen LogP) is 4.00. The highest BCUT2D eigenvalue weighted by atomic mass is 19.4. The summed E-state index contributed by atoms with van der Waals surface area (Å²) < 4.78 is 37.1. The molecule has 0 aromatic carbocycles. The molecule has 1 amide bonds. The molecule has 2 nitrogen and oxygen atoms in total. The van der Waals surface area contributed by atoms with E-state index in [1.165, 1.54) is 4.90 Å². The number of nitrogens with zero attached hydrogens (tertiary/aromatic N) is 1. The molecule has 0 saturated carbocycles. The quantitative estimate of drug-likeness (QED) is 0.764. The standard InChI is InChI=1S/C14H24F3NO/c1-5-10-6-11(7-13(2,3)4)18(9-10)12(19)8-14(15,16)17/h10-11H,5-9H2,1-4H3. The second-order valence-electron chi connectivity index (χ2n) is 6.77. The average Bonchev–Trinajstić information content (AvgIpc) is 2.55. The molecule has 2 atom stereocenters. The zero-order valence-corrected chi connectivity index (χ0v) is 12.2. The lowest BCUT2D eigenvalue weighted by molar-refractivity contribution is -0.162. The van der Waals surface area contributed by atoms with E-state index in [2.05, 4.69) is 20.8 Å². The van der Waals surface area contributed by atoms with Gasteiger partial charge in [0.15, 0.2) is 0 Å². The molecular formula is C14H24F3NO. The van der Waals surface area contributed by atoms with E-state index in [1.54, 1.807) is 0 Å². The van der Waals surface area contributed by atoms with Crippen molar-refractivity contribution in [3.05, 3.63) is 0 Å². The Balaban J connectivity index is 2.74. The van der Waals surface area contributed by atoms with Crippen LogP contribution in [0.3, 0.4) is 0 Å². The van der Waals surface area contributed by atoms with Crippen molar-refractivity contribution in [1.29, 1.82) is 0 Å². The van der Waals surface area contributed by atoms with Gasteiger partial charge in [0.05, 0.1) is 0 Å². The van der Waals surface area contributed by atoms with E-state index in [4.69, 9.17) is 0 Å². The zero-order chi connectivity index (χ0) is 14.8. The van der Waals surface area contributed by atoms with Crippen LogP contribution in [0.5, 0.6) is 0 Å². The Hall–Kier alpha value is -0.740. The molecule has 1 heterocycles. The van der Waals surface area contributed by atoms with Crippen LogP contribution in [0.2, 0.25) is 0 Å². The molecule has 5 heteroatoms. The number of hydrogen-bond donors (Lipinski definition) is 0. The summed E-state index contributed by atoms with van der Waals surface area (Å²) in [5.74, 6) is -0.428. The van der Waals surface area contributed by atoms with Gasteiger partial charge in [0.25, 0.3) is 0 Å². The van der Waals surface area contributed by atoms with Crippen LogP contribution < -0.4 is 0 Å². The monoisotopic (exact) mass is 279 g/mol. The molecule has 0 radical (unpaired) electrons. The molecule has 112 valence electrons. The molecule has 2 unspecified atom stereocenters. The third-order valence-corrected chi connectivity index (χ3v) is 3.60. The fourth-order valence-corrected chi connectivity index (χ4v) is 2.79. The van der Waals surface area contributed by atoms with E-state index in [-0.39, 0.29) is 11.5 Å². The van der Waals surface area contributed by atoms with Gasteiger partial charge in [-0.1, -0.05) is 34.1 Å². The topological polar surface area (TPSA) is 20.3 Å². The lowest BCUT2D eigenvalue weighted by atomic mass is 9.86. The average molecular weight is 279 g/mol. The lowest BCUT2D eigenvalue weighted by Crippen LogP contribution is -2.39. The van der Waals surface area contributed by atoms with E-state index in [9.17, 15) is 18.0 Å². The van der Waals surface area contributed by atoms with E-state index in [0.717, 1.165) is 19.3 Å². The van der Waals surface area contributed by atoms with Crippen molar-refractivity contribution in [3.8, 4) is 0 Å². The van der Waals surface area contributed by atoms with Crippen LogP contribution in [0.15, 0.2) is 0 Å². The van der Waals surface area contributed by atoms with Crippen molar-refractivity contribution in [3.63, 3.8) is 0 Å².